The molecule has 0 bridgehead atoms. The Morgan fingerprint density at radius 3 is 2.43 bits per heavy atom. The fourth-order valence-electron chi connectivity index (χ4n) is 4.59. The van der Waals surface area contributed by atoms with Crippen molar-refractivity contribution in [3.63, 3.8) is 0 Å². The van der Waals surface area contributed by atoms with Gasteiger partial charge in [0.25, 0.3) is 0 Å². The molecule has 300 valence electrons. The highest BCUT2D eigenvalue weighted by Gasteiger charge is 2.50. The van der Waals surface area contributed by atoms with Gasteiger partial charge in [0.2, 0.25) is 11.8 Å². The van der Waals surface area contributed by atoms with Crippen molar-refractivity contribution in [2.24, 2.45) is 5.41 Å². The van der Waals surface area contributed by atoms with Crippen LogP contribution in [0.5, 0.6) is 0 Å². The van der Waals surface area contributed by atoms with Gasteiger partial charge in [-0.15, -0.1) is 11.8 Å². The minimum absolute atomic E-state index is 0.0320. The van der Waals surface area contributed by atoms with Gasteiger partial charge in [-0.1, -0.05) is 20.8 Å². The molecule has 0 aliphatic carbocycles. The molecule has 1 fully saturated rings. The zero-order valence-corrected chi connectivity index (χ0v) is 31.9. The Balaban J connectivity index is 1.52. The molecule has 1 aliphatic rings. The highest BCUT2D eigenvalue weighted by atomic mass is 32.2. The standard InChI is InChI=1S/C25H42N7O17P3S/c1-4-14(9-33)53-8-7-27-16(34)5-6-28-23(37)20(36)25(2,3)11-46-52(43,44)49-51(41,42)45-10-15-19(48-50(38,39)40)18(35)24(47-15)32-13-31-17-21(26)29-12-30-22(17)32/h9,12-15,18-20,24,35-36H,4-8,10-11H2,1-3H3,(H,27,34)(H,28,37)(H,41,42)(H,43,44)(H2,26,29,30)(H2,38,39,40)/t14?,15-,18-,19-,20?,24-/m1/s1. The highest BCUT2D eigenvalue weighted by Crippen LogP contribution is 2.61. The van der Waals surface area contributed by atoms with Crippen molar-refractivity contribution in [1.29, 1.82) is 0 Å². The van der Waals surface area contributed by atoms with Gasteiger partial charge in [0, 0.05) is 30.7 Å². The number of hydrogen-bond acceptors (Lipinski definition) is 18. The van der Waals surface area contributed by atoms with Gasteiger partial charge in [-0.3, -0.25) is 27.7 Å². The number of imidazole rings is 1. The van der Waals surface area contributed by atoms with Gasteiger partial charge in [0.05, 0.1) is 24.8 Å². The van der Waals surface area contributed by atoms with Crippen LogP contribution in [0.2, 0.25) is 0 Å². The smallest absolute Gasteiger partial charge is 0.386 e. The number of nitrogen functional groups attached to an aromatic ring is 1. The number of thioether (sulfide) groups is 1. The molecule has 1 aliphatic heterocycles. The van der Waals surface area contributed by atoms with E-state index in [9.17, 15) is 57.9 Å². The van der Waals surface area contributed by atoms with Crippen LogP contribution in [-0.2, 0) is 50.7 Å². The van der Waals surface area contributed by atoms with Crippen LogP contribution in [0.1, 0.15) is 39.8 Å². The number of nitrogens with one attached hydrogen (secondary N) is 2. The zero-order valence-electron chi connectivity index (χ0n) is 28.4. The summed E-state index contributed by atoms with van der Waals surface area (Å²) in [6.07, 6.45) is -5.37. The predicted molar refractivity (Wildman–Crippen MR) is 182 cm³/mol. The number of phosphoric acid groups is 3. The van der Waals surface area contributed by atoms with E-state index in [1.165, 1.54) is 25.6 Å². The number of amides is 2. The molecule has 28 heteroatoms. The Morgan fingerprint density at radius 1 is 1.11 bits per heavy atom. The molecule has 0 spiro atoms. The summed E-state index contributed by atoms with van der Waals surface area (Å²) in [4.78, 5) is 86.2. The van der Waals surface area contributed by atoms with E-state index in [1.807, 2.05) is 6.92 Å². The third-order valence-corrected chi connectivity index (χ3v) is 11.8. The van der Waals surface area contributed by atoms with Crippen LogP contribution in [0.15, 0.2) is 12.7 Å². The third kappa shape index (κ3) is 13.4. The van der Waals surface area contributed by atoms with Gasteiger partial charge in [-0.25, -0.2) is 28.6 Å². The van der Waals surface area contributed by atoms with Crippen molar-refractivity contribution in [2.75, 3.05) is 37.8 Å². The summed E-state index contributed by atoms with van der Waals surface area (Å²) in [5.41, 5.74) is 4.27. The lowest BCUT2D eigenvalue weighted by Gasteiger charge is -2.30. The van der Waals surface area contributed by atoms with Crippen molar-refractivity contribution >= 4 is 70.3 Å². The van der Waals surface area contributed by atoms with Crippen molar-refractivity contribution in [2.45, 2.75) is 69.5 Å². The third-order valence-electron chi connectivity index (χ3n) is 7.39. The lowest BCUT2D eigenvalue weighted by atomic mass is 9.87. The minimum Gasteiger partial charge on any atom is -0.386 e. The van der Waals surface area contributed by atoms with E-state index in [-0.39, 0.29) is 35.2 Å². The van der Waals surface area contributed by atoms with Crippen molar-refractivity contribution in [1.82, 2.24) is 30.2 Å². The van der Waals surface area contributed by atoms with Crippen LogP contribution in [0, 0.1) is 5.41 Å². The van der Waals surface area contributed by atoms with Gasteiger partial charge in [-0.2, -0.15) is 4.31 Å². The molecule has 0 saturated carbocycles. The lowest BCUT2D eigenvalue weighted by Crippen LogP contribution is -2.46. The average molecular weight is 838 g/mol. The number of rotatable bonds is 22. The second kappa shape index (κ2) is 18.9. The van der Waals surface area contributed by atoms with Gasteiger partial charge >= 0.3 is 23.5 Å². The molecule has 24 nitrogen and oxygen atoms in total. The number of ether oxygens (including phenoxy) is 1. The molecule has 1 saturated heterocycles. The van der Waals surface area contributed by atoms with Crippen molar-refractivity contribution in [3.05, 3.63) is 12.7 Å². The van der Waals surface area contributed by atoms with Crippen LogP contribution in [-0.4, -0.2) is 129 Å². The van der Waals surface area contributed by atoms with Crippen LogP contribution in [0.25, 0.3) is 11.2 Å². The fraction of sp³-hybridized carbons (Fsp3) is 0.680. The first-order valence-corrected chi connectivity index (χ1v) is 21.1. The Kier molecular flexibility index (Phi) is 16.1. The maximum atomic E-state index is 12.6. The summed E-state index contributed by atoms with van der Waals surface area (Å²) in [6, 6.07) is 0. The zero-order chi connectivity index (χ0) is 39.8. The SMILES string of the molecule is CCC(C=O)SCCNC(=O)CCNC(=O)C(O)C(C)(C)COP(=O)(O)OP(=O)(O)OC[C@H]1O[C@@H](n2cnc3c(N)ncnc32)[C@H](O)[C@@H]1OP(=O)(O)O. The van der Waals surface area contributed by atoms with E-state index in [1.54, 1.807) is 0 Å². The molecule has 8 atom stereocenters. The fourth-order valence-corrected chi connectivity index (χ4v) is 8.26. The molecule has 2 aromatic rings. The number of aromatic nitrogens is 4. The Hall–Kier alpha value is -2.44. The van der Waals surface area contributed by atoms with Crippen LogP contribution in [0.3, 0.4) is 0 Å². The maximum Gasteiger partial charge on any atom is 0.481 e. The predicted octanol–water partition coefficient (Wildman–Crippen LogP) is -0.884. The number of carbonyl (C=O) groups excluding carboxylic acids is 3. The van der Waals surface area contributed by atoms with Gasteiger partial charge in [0.1, 0.15) is 42.5 Å². The number of aliphatic hydroxyl groups is 2. The summed E-state index contributed by atoms with van der Waals surface area (Å²) >= 11 is 1.39. The van der Waals surface area contributed by atoms with E-state index in [0.29, 0.717) is 18.7 Å². The number of aliphatic hydroxyl groups excluding tert-OH is 2. The molecule has 10 N–H and O–H groups in total. The number of hydrogen-bond donors (Lipinski definition) is 9. The summed E-state index contributed by atoms with van der Waals surface area (Å²) in [5, 5.41) is 26.2. The van der Waals surface area contributed by atoms with E-state index in [4.69, 9.17) is 19.5 Å². The van der Waals surface area contributed by atoms with Crippen LogP contribution >= 0.6 is 35.2 Å². The Labute approximate surface area is 306 Å². The molecule has 53 heavy (non-hydrogen) atoms. The van der Waals surface area contributed by atoms with Crippen molar-refractivity contribution < 1.29 is 80.5 Å². The first-order valence-electron chi connectivity index (χ1n) is 15.6. The molecular weight excluding hydrogens is 795 g/mol. The van der Waals surface area contributed by atoms with E-state index in [0.717, 1.165) is 23.5 Å². The van der Waals surface area contributed by atoms with Crippen LogP contribution in [0.4, 0.5) is 5.82 Å². The minimum atomic E-state index is -5.56. The lowest BCUT2D eigenvalue weighted by molar-refractivity contribution is -0.137. The molecule has 0 radical (unpaired) electrons. The Bertz CT molecular complexity index is 1730. The number of nitrogens with two attached hydrogens (primary N) is 1. The monoisotopic (exact) mass is 837 g/mol. The van der Waals surface area contributed by atoms with Crippen LogP contribution < -0.4 is 16.4 Å². The summed E-state index contributed by atoms with van der Waals surface area (Å²) in [5.74, 6) is -0.901. The molecular formula is C25H42N7O17P3S. The number of aldehydes is 1. The summed E-state index contributed by atoms with van der Waals surface area (Å²) in [6.45, 7) is 2.49. The molecule has 2 aromatic heterocycles. The number of nitrogens with zero attached hydrogens (tertiary/aromatic N) is 4. The molecule has 0 aromatic carbocycles. The van der Waals surface area contributed by atoms with Gasteiger partial charge in [0.15, 0.2) is 17.7 Å². The highest BCUT2D eigenvalue weighted by molar-refractivity contribution is 8.00. The van der Waals surface area contributed by atoms with E-state index < -0.39 is 84.6 Å². The topological polar surface area (TPSA) is 364 Å². The molecule has 4 unspecified atom stereocenters. The largest absolute Gasteiger partial charge is 0.481 e. The van der Waals surface area contributed by atoms with E-state index >= 15 is 0 Å². The maximum absolute atomic E-state index is 12.6. The normalized spacial score (nSPS) is 22.8. The second-order valence-electron chi connectivity index (χ2n) is 12.0. The average Bonchev–Trinajstić information content (AvgIpc) is 3.62. The number of fused-ring (bicyclic) bond motifs is 1. The first-order chi connectivity index (χ1) is 24.6. The number of carbonyl (C=O) groups is 3. The van der Waals surface area contributed by atoms with Gasteiger partial charge in [-0.05, 0) is 6.42 Å². The number of phosphoric ester groups is 3. The molecule has 3 rings (SSSR count). The number of anilines is 1. The second-order valence-corrected chi connectivity index (χ2v) is 17.6. The van der Waals surface area contributed by atoms with Gasteiger partial charge < -0.3 is 55.7 Å². The molecule has 2 amide bonds. The Morgan fingerprint density at radius 2 is 1.79 bits per heavy atom. The summed E-state index contributed by atoms with van der Waals surface area (Å²) in [7, 11) is -16.4. The first kappa shape index (κ1) is 45.0. The van der Waals surface area contributed by atoms with E-state index in [2.05, 4.69) is 34.4 Å². The van der Waals surface area contributed by atoms with Crippen molar-refractivity contribution in [3.8, 4) is 0 Å². The molecule has 3 heterocycles. The quantitative estimate of drug-likeness (QED) is 0.0395. The summed E-state index contributed by atoms with van der Waals surface area (Å²) < 4.78 is 62.0.